The Morgan fingerprint density at radius 2 is 1.52 bits per heavy atom. The largest absolute Gasteiger partial charge is 0.521 e. The van der Waals surface area contributed by atoms with E-state index in [9.17, 15) is 9.59 Å². The molecule has 2 rings (SSSR count). The van der Waals surface area contributed by atoms with Gasteiger partial charge in [-0.2, -0.15) is 10.2 Å². The van der Waals surface area contributed by atoms with Crippen molar-refractivity contribution in [3.8, 4) is 5.75 Å². The van der Waals surface area contributed by atoms with Gasteiger partial charge in [-0.25, -0.2) is 4.79 Å². The third kappa shape index (κ3) is 9.65. The van der Waals surface area contributed by atoms with Crippen LogP contribution in [0.3, 0.4) is 0 Å². The minimum absolute atomic E-state index is 0. The van der Waals surface area contributed by atoms with E-state index in [4.69, 9.17) is 14.9 Å². The van der Waals surface area contributed by atoms with Crippen LogP contribution in [0.25, 0.3) is 0 Å². The van der Waals surface area contributed by atoms with Gasteiger partial charge in [0.2, 0.25) is 5.97 Å². The van der Waals surface area contributed by atoms with Gasteiger partial charge in [-0.05, 0) is 18.2 Å². The van der Waals surface area contributed by atoms with Crippen LogP contribution in [0.1, 0.15) is 34.6 Å². The summed E-state index contributed by atoms with van der Waals surface area (Å²) in [5.74, 6) is -2.04. The third-order valence-corrected chi connectivity index (χ3v) is 2.71. The molecule has 2 N–H and O–H groups in total. The summed E-state index contributed by atoms with van der Waals surface area (Å²) in [4.78, 5) is 21.9. The number of carboxylic acid groups (broad SMARTS) is 2. The summed E-state index contributed by atoms with van der Waals surface area (Å²) in [6, 6.07) is 11.2. The van der Waals surface area contributed by atoms with E-state index in [0.29, 0.717) is 11.4 Å². The zero-order valence-corrected chi connectivity index (χ0v) is 21.3. The van der Waals surface area contributed by atoms with E-state index >= 15 is 0 Å². The fourth-order valence-electron chi connectivity index (χ4n) is 1.68. The van der Waals surface area contributed by atoms with Crippen molar-refractivity contribution in [2.45, 2.75) is 13.8 Å². The van der Waals surface area contributed by atoms with Crippen LogP contribution < -0.4 is 4.74 Å². The maximum Gasteiger partial charge on any atom is 0.339 e. The number of aromatic carboxylic acids is 2. The van der Waals surface area contributed by atoms with Gasteiger partial charge in [0, 0.05) is 71.1 Å². The van der Waals surface area contributed by atoms with Gasteiger partial charge >= 0.3 is 5.97 Å². The average Bonchev–Trinajstić information content (AvgIpc) is 2.61. The van der Waals surface area contributed by atoms with Crippen molar-refractivity contribution >= 4 is 23.3 Å². The van der Waals surface area contributed by atoms with Crippen LogP contribution in [0.2, 0.25) is 0 Å². The quantitative estimate of drug-likeness (QED) is 0.434. The Hall–Kier alpha value is -1.01. The standard InChI is InChI=1S/C15H11N2O5.C2H6.CH3.2Y/c1-22-13-6-5-11(8-12(13)15(20)21)17-16-10-4-2-3-9(7-10)14(18)19;1-2;;;/h2,4-8H,1H3,(H,18,19)(H,20,21);1-2H3;1H3;;/q-1;;-1;;. The molecular weight excluding hydrogens is 502 g/mol. The second-order valence-electron chi connectivity index (χ2n) is 4.16. The van der Waals surface area contributed by atoms with Crippen LogP contribution in [0.5, 0.6) is 5.75 Å². The first-order valence-electron chi connectivity index (χ1n) is 7.09. The van der Waals surface area contributed by atoms with E-state index in [2.05, 4.69) is 16.3 Å². The van der Waals surface area contributed by atoms with Crippen molar-refractivity contribution in [2.75, 3.05) is 7.11 Å². The number of carboxylic acids is 2. The van der Waals surface area contributed by atoms with Crippen molar-refractivity contribution in [3.05, 3.63) is 61.0 Å². The molecule has 9 heteroatoms. The number of hydrogen-bond donors (Lipinski definition) is 2. The van der Waals surface area contributed by atoms with Crippen molar-refractivity contribution < 1.29 is 90.0 Å². The second kappa shape index (κ2) is 16.0. The molecule has 0 bridgehead atoms. The predicted molar refractivity (Wildman–Crippen MR) is 94.1 cm³/mol. The SMILES string of the molecule is CC.COc1ccc(N=Nc2cc[c-]c(C(=O)O)c2)cc1C(=O)O.[CH3-].[Y].[Y]. The van der Waals surface area contributed by atoms with Crippen LogP contribution >= 0.6 is 0 Å². The Labute approximate surface area is 209 Å². The molecule has 0 aliphatic carbocycles. The second-order valence-corrected chi connectivity index (χ2v) is 4.16. The van der Waals surface area contributed by atoms with Crippen molar-refractivity contribution in [1.29, 1.82) is 0 Å². The van der Waals surface area contributed by atoms with E-state index in [-0.39, 0.29) is 89.7 Å². The summed E-state index contributed by atoms with van der Waals surface area (Å²) >= 11 is 0. The Morgan fingerprint density at radius 1 is 0.963 bits per heavy atom. The zero-order valence-electron chi connectivity index (χ0n) is 15.6. The van der Waals surface area contributed by atoms with Crippen LogP contribution in [0.15, 0.2) is 46.6 Å². The van der Waals surface area contributed by atoms with Gasteiger partial charge in [0.05, 0.1) is 12.8 Å². The Kier molecular flexibility index (Phi) is 18.2. The topological polar surface area (TPSA) is 109 Å². The number of methoxy groups -OCH3 is 1. The molecule has 27 heavy (non-hydrogen) atoms. The number of azo groups is 1. The Morgan fingerprint density at radius 3 is 2.00 bits per heavy atom. The summed E-state index contributed by atoms with van der Waals surface area (Å²) in [7, 11) is 1.37. The zero-order chi connectivity index (χ0) is 18.1. The first kappa shape index (κ1) is 30.7. The van der Waals surface area contributed by atoms with Crippen molar-refractivity contribution in [1.82, 2.24) is 0 Å². The molecule has 140 valence electrons. The van der Waals surface area contributed by atoms with Crippen molar-refractivity contribution in [3.63, 3.8) is 0 Å². The Bertz CT molecular complexity index is 767. The van der Waals surface area contributed by atoms with E-state index in [1.165, 1.54) is 37.4 Å². The molecule has 0 saturated carbocycles. The van der Waals surface area contributed by atoms with Gasteiger partial charge < -0.3 is 27.2 Å². The molecule has 2 radical (unpaired) electrons. The first-order valence-corrected chi connectivity index (χ1v) is 7.09. The van der Waals surface area contributed by atoms with Crippen LogP contribution in [0, 0.1) is 13.5 Å². The average molecular weight is 522 g/mol. The van der Waals surface area contributed by atoms with Gasteiger partial charge in [-0.3, -0.25) is 0 Å². The van der Waals surface area contributed by atoms with Gasteiger partial charge in [-0.15, -0.1) is 24.3 Å². The van der Waals surface area contributed by atoms with Gasteiger partial charge in [0.1, 0.15) is 11.3 Å². The molecule has 0 saturated heterocycles. The van der Waals surface area contributed by atoms with E-state index < -0.39 is 11.9 Å². The predicted octanol–water partition coefficient (Wildman–Crippen LogP) is 4.78. The fraction of sp³-hybridized carbons (Fsp3) is 0.167. The number of hydrogen-bond acceptors (Lipinski definition) is 5. The third-order valence-electron chi connectivity index (χ3n) is 2.71. The maximum atomic E-state index is 11.1. The van der Waals surface area contributed by atoms with E-state index in [0.717, 1.165) is 0 Å². The molecule has 0 fully saturated rings. The summed E-state index contributed by atoms with van der Waals surface area (Å²) in [6.45, 7) is 4.00. The normalized spacial score (nSPS) is 8.85. The Balaban J connectivity index is -0.00000111. The molecule has 7 nitrogen and oxygen atoms in total. The molecule has 2 aromatic carbocycles. The molecule has 0 heterocycles. The van der Waals surface area contributed by atoms with Crippen LogP contribution in [-0.4, -0.2) is 29.3 Å². The smallest absolute Gasteiger partial charge is 0.339 e. The van der Waals surface area contributed by atoms with E-state index in [1.54, 1.807) is 6.07 Å². The molecule has 0 atom stereocenters. The molecule has 0 spiro atoms. The van der Waals surface area contributed by atoms with Gasteiger partial charge in [0.15, 0.2) is 0 Å². The van der Waals surface area contributed by atoms with Crippen molar-refractivity contribution in [2.24, 2.45) is 10.2 Å². The number of ether oxygens (including phenoxy) is 1. The minimum Gasteiger partial charge on any atom is -0.521 e. The summed E-state index contributed by atoms with van der Waals surface area (Å²) in [5, 5.41) is 25.7. The molecule has 0 unspecified atom stereocenters. The number of benzene rings is 2. The molecule has 0 aliphatic rings. The van der Waals surface area contributed by atoms with Gasteiger partial charge in [-0.1, -0.05) is 19.4 Å². The molecular formula is C18H20N2O5Y2-2. The number of rotatable bonds is 5. The van der Waals surface area contributed by atoms with Gasteiger partial charge in [0.25, 0.3) is 0 Å². The number of carbonyl (C=O) groups is 2. The first-order chi connectivity index (χ1) is 11.5. The fourth-order valence-corrected chi connectivity index (χ4v) is 1.68. The summed E-state index contributed by atoms with van der Waals surface area (Å²) in [5.41, 5.74) is 0.565. The molecule has 0 aliphatic heterocycles. The number of nitrogens with zero attached hydrogens (tertiary/aromatic N) is 2. The minimum atomic E-state index is -1.14. The molecule has 0 aromatic heterocycles. The van der Waals surface area contributed by atoms with E-state index in [1.807, 2.05) is 13.8 Å². The molecule has 0 amide bonds. The summed E-state index contributed by atoms with van der Waals surface area (Å²) in [6.07, 6.45) is 0. The van der Waals surface area contributed by atoms with Crippen LogP contribution in [0.4, 0.5) is 11.4 Å². The van der Waals surface area contributed by atoms with Crippen LogP contribution in [-0.2, 0) is 65.4 Å². The monoisotopic (exact) mass is 522 g/mol. The molecule has 2 aromatic rings. The maximum absolute atomic E-state index is 11.1. The summed E-state index contributed by atoms with van der Waals surface area (Å²) < 4.78 is 4.94.